The number of aromatic nitrogens is 3. The summed E-state index contributed by atoms with van der Waals surface area (Å²) in [6.45, 7) is 6.10. The summed E-state index contributed by atoms with van der Waals surface area (Å²) in [5, 5.41) is 4.40. The molecule has 9 heteroatoms. The van der Waals surface area contributed by atoms with Gasteiger partial charge in [0.15, 0.2) is 5.65 Å². The summed E-state index contributed by atoms with van der Waals surface area (Å²) in [7, 11) is 2.11. The van der Waals surface area contributed by atoms with E-state index in [1.165, 1.54) is 6.07 Å². The fourth-order valence-electron chi connectivity index (χ4n) is 4.64. The van der Waals surface area contributed by atoms with E-state index in [1.807, 2.05) is 12.1 Å². The van der Waals surface area contributed by atoms with E-state index in [0.29, 0.717) is 40.1 Å². The van der Waals surface area contributed by atoms with Gasteiger partial charge in [-0.15, -0.1) is 0 Å². The maximum atomic E-state index is 15.3. The topological polar surface area (TPSA) is 66.4 Å². The highest BCUT2D eigenvalue weighted by Gasteiger charge is 2.26. The second kappa shape index (κ2) is 9.37. The van der Waals surface area contributed by atoms with Gasteiger partial charge in [-0.1, -0.05) is 29.8 Å². The minimum absolute atomic E-state index is 0.174. The van der Waals surface area contributed by atoms with E-state index in [2.05, 4.69) is 39.1 Å². The van der Waals surface area contributed by atoms with Crippen molar-refractivity contribution in [1.82, 2.24) is 25.2 Å². The number of hydrogen-bond acceptors (Lipinski definition) is 7. The normalized spacial score (nSPS) is 21.6. The number of hydrogen-bond donors (Lipinski definition) is 1. The van der Waals surface area contributed by atoms with Crippen LogP contribution < -0.4 is 15.0 Å². The first-order valence-corrected chi connectivity index (χ1v) is 11.8. The van der Waals surface area contributed by atoms with Gasteiger partial charge in [-0.25, -0.2) is 9.37 Å². The van der Waals surface area contributed by atoms with Crippen molar-refractivity contribution in [3.05, 3.63) is 41.2 Å². The van der Waals surface area contributed by atoms with Gasteiger partial charge in [0.05, 0.1) is 10.4 Å². The van der Waals surface area contributed by atoms with Crippen molar-refractivity contribution < 1.29 is 9.13 Å². The summed E-state index contributed by atoms with van der Waals surface area (Å²) >= 11 is 6.34. The van der Waals surface area contributed by atoms with E-state index >= 15 is 4.39 Å². The molecule has 0 unspecified atom stereocenters. The largest absolute Gasteiger partial charge is 0.462 e. The van der Waals surface area contributed by atoms with Crippen LogP contribution in [0.2, 0.25) is 5.02 Å². The lowest BCUT2D eigenvalue weighted by Crippen LogP contribution is -2.50. The lowest BCUT2D eigenvalue weighted by Gasteiger charge is -2.35. The molecule has 0 spiro atoms. The van der Waals surface area contributed by atoms with Gasteiger partial charge in [0, 0.05) is 37.3 Å². The highest BCUT2D eigenvalue weighted by Crippen LogP contribution is 2.34. The third kappa shape index (κ3) is 4.47. The number of nitrogens with one attached hydrogen (secondary N) is 1. The van der Waals surface area contributed by atoms with Crippen LogP contribution in [-0.4, -0.2) is 71.8 Å². The van der Waals surface area contributed by atoms with Crippen LogP contribution >= 0.6 is 11.6 Å². The number of fused-ring (bicyclic) bond motifs is 1. The summed E-state index contributed by atoms with van der Waals surface area (Å²) in [4.78, 5) is 18.4. The monoisotopic (exact) mass is 470 g/mol. The molecule has 2 aromatic heterocycles. The molecular formula is C24H28ClFN6O. The Labute approximate surface area is 197 Å². The molecule has 7 nitrogen and oxygen atoms in total. The number of piperazine rings is 1. The fraction of sp³-hybridized carbons (Fsp3) is 0.458. The number of benzene rings is 1. The zero-order valence-electron chi connectivity index (χ0n) is 18.9. The quantitative estimate of drug-likeness (QED) is 0.609. The minimum Gasteiger partial charge on any atom is -0.462 e. The lowest BCUT2D eigenvalue weighted by molar-refractivity contribution is 0.188. The first kappa shape index (κ1) is 22.3. The standard InChI is InChI=1S/C24H28ClFN6O/c1-15-13-27-9-11-32(15)23-18-12-20(26)21(17-7-3-4-8-19(17)25)28-22(18)29-24(30-23)33-14-16-6-5-10-31(16)2/h3-4,7-8,12,15-16,27H,5-6,9-11,13-14H2,1-2H3/t15-,16+/m1/s1. The van der Waals surface area contributed by atoms with Gasteiger partial charge in [-0.3, -0.25) is 0 Å². The lowest BCUT2D eigenvalue weighted by atomic mass is 10.1. The number of halogens is 2. The average Bonchev–Trinajstić information content (AvgIpc) is 3.22. The maximum absolute atomic E-state index is 15.3. The zero-order valence-corrected chi connectivity index (χ0v) is 19.6. The fourth-order valence-corrected chi connectivity index (χ4v) is 4.86. The Morgan fingerprint density at radius 2 is 2.06 bits per heavy atom. The Morgan fingerprint density at radius 1 is 1.21 bits per heavy atom. The van der Waals surface area contributed by atoms with E-state index in [4.69, 9.17) is 21.3 Å². The van der Waals surface area contributed by atoms with Crippen LogP contribution in [0.25, 0.3) is 22.3 Å². The molecule has 0 aliphatic carbocycles. The predicted molar refractivity (Wildman–Crippen MR) is 129 cm³/mol. The molecule has 0 amide bonds. The summed E-state index contributed by atoms with van der Waals surface area (Å²) in [5.74, 6) is 0.199. The number of anilines is 1. The van der Waals surface area contributed by atoms with Crippen molar-refractivity contribution in [2.45, 2.75) is 31.8 Å². The zero-order chi connectivity index (χ0) is 22.9. The number of nitrogens with zero attached hydrogens (tertiary/aromatic N) is 5. The van der Waals surface area contributed by atoms with Crippen molar-refractivity contribution in [1.29, 1.82) is 0 Å². The molecule has 0 saturated carbocycles. The second-order valence-electron chi connectivity index (χ2n) is 8.83. The van der Waals surface area contributed by atoms with Crippen LogP contribution in [-0.2, 0) is 0 Å². The first-order chi connectivity index (χ1) is 16.0. The van der Waals surface area contributed by atoms with Crippen LogP contribution in [0.4, 0.5) is 10.2 Å². The molecule has 2 aliphatic rings. The summed E-state index contributed by atoms with van der Waals surface area (Å²) in [6.07, 6.45) is 2.25. The van der Waals surface area contributed by atoms with E-state index in [1.54, 1.807) is 12.1 Å². The number of likely N-dealkylation sites (tertiary alicyclic amines) is 1. The third-order valence-electron chi connectivity index (χ3n) is 6.58. The van der Waals surface area contributed by atoms with E-state index in [9.17, 15) is 0 Å². The van der Waals surface area contributed by atoms with Crippen LogP contribution in [0.5, 0.6) is 6.01 Å². The molecule has 2 saturated heterocycles. The molecule has 2 fully saturated rings. The molecule has 174 valence electrons. The summed E-state index contributed by atoms with van der Waals surface area (Å²) in [6, 6.07) is 9.38. The van der Waals surface area contributed by atoms with E-state index in [0.717, 1.165) is 39.0 Å². The number of rotatable bonds is 5. The molecule has 2 atom stereocenters. The molecule has 0 bridgehead atoms. The molecular weight excluding hydrogens is 443 g/mol. The van der Waals surface area contributed by atoms with Gasteiger partial charge in [-0.05, 0) is 45.5 Å². The van der Waals surface area contributed by atoms with Gasteiger partial charge in [0.2, 0.25) is 0 Å². The summed E-state index contributed by atoms with van der Waals surface area (Å²) < 4.78 is 21.4. The number of ether oxygens (including phenoxy) is 1. The Morgan fingerprint density at radius 3 is 2.82 bits per heavy atom. The van der Waals surface area contributed by atoms with Crippen LogP contribution in [0, 0.1) is 5.82 Å². The van der Waals surface area contributed by atoms with Crippen molar-refractivity contribution in [2.75, 3.05) is 44.7 Å². The Bertz CT molecular complexity index is 1160. The van der Waals surface area contributed by atoms with Crippen LogP contribution in [0.1, 0.15) is 19.8 Å². The molecule has 33 heavy (non-hydrogen) atoms. The van der Waals surface area contributed by atoms with Crippen molar-refractivity contribution in [2.24, 2.45) is 0 Å². The second-order valence-corrected chi connectivity index (χ2v) is 9.24. The highest BCUT2D eigenvalue weighted by atomic mass is 35.5. The van der Waals surface area contributed by atoms with Gasteiger partial charge < -0.3 is 19.9 Å². The number of likely N-dealkylation sites (N-methyl/N-ethyl adjacent to an activating group) is 1. The first-order valence-electron chi connectivity index (χ1n) is 11.4. The summed E-state index contributed by atoms with van der Waals surface area (Å²) in [5.41, 5.74) is 1.11. The SMILES string of the molecule is C[C@@H]1CNCCN1c1nc(OC[C@@H]2CCCN2C)nc2nc(-c3ccccc3Cl)c(F)cc12. The van der Waals surface area contributed by atoms with Crippen LogP contribution in [0.15, 0.2) is 30.3 Å². The molecule has 5 rings (SSSR count). The molecule has 1 N–H and O–H groups in total. The van der Waals surface area contributed by atoms with Crippen molar-refractivity contribution in [3.8, 4) is 17.3 Å². The predicted octanol–water partition coefficient (Wildman–Crippen LogP) is 3.76. The molecule has 2 aliphatic heterocycles. The minimum atomic E-state index is -0.454. The van der Waals surface area contributed by atoms with Gasteiger partial charge >= 0.3 is 6.01 Å². The van der Waals surface area contributed by atoms with Crippen LogP contribution in [0.3, 0.4) is 0 Å². The molecule has 4 heterocycles. The Hall–Kier alpha value is -2.55. The molecule has 3 aromatic rings. The molecule has 1 aromatic carbocycles. The van der Waals surface area contributed by atoms with Crippen molar-refractivity contribution >= 4 is 28.5 Å². The van der Waals surface area contributed by atoms with Gasteiger partial charge in [0.1, 0.15) is 23.9 Å². The third-order valence-corrected chi connectivity index (χ3v) is 6.91. The maximum Gasteiger partial charge on any atom is 0.320 e. The smallest absolute Gasteiger partial charge is 0.320 e. The highest BCUT2D eigenvalue weighted by molar-refractivity contribution is 6.33. The molecule has 0 radical (unpaired) electrons. The van der Waals surface area contributed by atoms with Gasteiger partial charge in [0.25, 0.3) is 0 Å². The van der Waals surface area contributed by atoms with Gasteiger partial charge in [-0.2, -0.15) is 9.97 Å². The van der Waals surface area contributed by atoms with E-state index < -0.39 is 5.82 Å². The van der Waals surface area contributed by atoms with Crippen molar-refractivity contribution in [3.63, 3.8) is 0 Å². The Balaban J connectivity index is 1.59. The van der Waals surface area contributed by atoms with E-state index in [-0.39, 0.29) is 17.7 Å². The average molecular weight is 471 g/mol. The Kier molecular flexibility index (Phi) is 6.32. The number of pyridine rings is 1.